The number of ether oxygens (including phenoxy) is 2. The summed E-state index contributed by atoms with van der Waals surface area (Å²) in [5.41, 5.74) is 4.70. The molecular formula is C28H29N3O3S. The Bertz CT molecular complexity index is 1320. The van der Waals surface area contributed by atoms with Crippen LogP contribution in [-0.2, 0) is 4.79 Å². The number of anilines is 2. The molecule has 2 heterocycles. The first-order chi connectivity index (χ1) is 16.7. The Morgan fingerprint density at radius 2 is 1.77 bits per heavy atom. The van der Waals surface area contributed by atoms with Crippen LogP contribution in [0.3, 0.4) is 0 Å². The van der Waals surface area contributed by atoms with E-state index < -0.39 is 11.6 Å². The van der Waals surface area contributed by atoms with Gasteiger partial charge in [-0.15, -0.1) is 0 Å². The molecule has 180 valence electrons. The summed E-state index contributed by atoms with van der Waals surface area (Å²) in [6, 6.07) is 19.3. The molecule has 1 amide bonds. The van der Waals surface area contributed by atoms with Crippen LogP contribution in [0, 0.1) is 26.7 Å². The van der Waals surface area contributed by atoms with Crippen molar-refractivity contribution in [3.05, 3.63) is 82.9 Å². The average molecular weight is 488 g/mol. The van der Waals surface area contributed by atoms with E-state index in [1.54, 1.807) is 7.11 Å². The van der Waals surface area contributed by atoms with E-state index in [2.05, 4.69) is 16.7 Å². The smallest absolute Gasteiger partial charge is 0.236 e. The van der Waals surface area contributed by atoms with Crippen LogP contribution in [0.25, 0.3) is 0 Å². The minimum Gasteiger partial charge on any atom is -0.497 e. The fourth-order valence-corrected chi connectivity index (χ4v) is 5.55. The maximum absolute atomic E-state index is 14.0. The van der Waals surface area contributed by atoms with E-state index >= 15 is 0 Å². The number of amides is 1. The number of thiocarbonyl (C=S) groups is 1. The summed E-state index contributed by atoms with van der Waals surface area (Å²) in [5, 5.41) is 7.11. The van der Waals surface area contributed by atoms with Crippen molar-refractivity contribution in [2.45, 2.75) is 39.5 Å². The number of nitrogens with one attached hydrogen (secondary N) is 2. The second kappa shape index (κ2) is 8.57. The molecule has 5 rings (SSSR count). The zero-order valence-corrected chi connectivity index (χ0v) is 21.3. The minimum atomic E-state index is -1.06. The quantitative estimate of drug-likeness (QED) is 0.479. The Hall–Kier alpha value is -3.58. The van der Waals surface area contributed by atoms with Gasteiger partial charge in [-0.25, -0.2) is 0 Å². The predicted molar refractivity (Wildman–Crippen MR) is 142 cm³/mol. The zero-order valence-electron chi connectivity index (χ0n) is 20.5. The van der Waals surface area contributed by atoms with Crippen molar-refractivity contribution in [3.63, 3.8) is 0 Å². The lowest BCUT2D eigenvalue weighted by Gasteiger charge is -2.56. The molecule has 3 atom stereocenters. The van der Waals surface area contributed by atoms with Crippen molar-refractivity contribution in [2.24, 2.45) is 5.92 Å². The summed E-state index contributed by atoms with van der Waals surface area (Å²) in [6.45, 7) is 8.00. The van der Waals surface area contributed by atoms with Crippen LogP contribution >= 0.6 is 12.2 Å². The molecule has 1 saturated heterocycles. The Kier molecular flexibility index (Phi) is 5.68. The summed E-state index contributed by atoms with van der Waals surface area (Å²) in [7, 11) is 1.62. The fraction of sp³-hybridized carbons (Fsp3) is 0.286. The van der Waals surface area contributed by atoms with E-state index in [0.717, 1.165) is 33.6 Å². The molecule has 0 saturated carbocycles. The number of benzene rings is 3. The van der Waals surface area contributed by atoms with Crippen LogP contribution in [0.15, 0.2) is 60.7 Å². The Labute approximate surface area is 211 Å². The monoisotopic (exact) mass is 487 g/mol. The maximum Gasteiger partial charge on any atom is 0.236 e. The molecule has 0 aliphatic carbocycles. The standard InChI is InChI=1S/C28H29N3O3S/c1-16-6-9-19(10-7-16)31-27(35)30-25-21-15-20(33-5)11-13-23(21)34-28(31,4)24(25)26(32)29-22-12-8-17(2)14-18(22)3/h6-15,24-25H,1-5H3,(H,29,32)(H,30,35). The van der Waals surface area contributed by atoms with Crippen LogP contribution in [0.1, 0.15) is 35.2 Å². The number of nitrogens with zero attached hydrogens (tertiary/aromatic N) is 1. The molecule has 1 fully saturated rings. The number of fused-ring (bicyclic) bond motifs is 4. The minimum absolute atomic E-state index is 0.148. The van der Waals surface area contributed by atoms with Crippen LogP contribution in [0.2, 0.25) is 0 Å². The van der Waals surface area contributed by atoms with E-state index in [9.17, 15) is 4.79 Å². The second-order valence-electron chi connectivity index (χ2n) is 9.44. The topological polar surface area (TPSA) is 62.8 Å². The number of hydrogen-bond acceptors (Lipinski definition) is 4. The van der Waals surface area contributed by atoms with Gasteiger partial charge in [0.15, 0.2) is 10.8 Å². The summed E-state index contributed by atoms with van der Waals surface area (Å²) < 4.78 is 12.1. The molecule has 7 heteroatoms. The molecule has 6 nitrogen and oxygen atoms in total. The summed E-state index contributed by atoms with van der Waals surface area (Å²) in [5.74, 6) is 0.625. The number of aryl methyl sites for hydroxylation is 3. The highest BCUT2D eigenvalue weighted by Gasteiger charge is 2.59. The predicted octanol–water partition coefficient (Wildman–Crippen LogP) is 5.42. The number of carbonyl (C=O) groups is 1. The van der Waals surface area contributed by atoms with E-state index in [0.29, 0.717) is 16.6 Å². The van der Waals surface area contributed by atoms with Gasteiger partial charge in [-0.05, 0) is 81.9 Å². The first-order valence-electron chi connectivity index (χ1n) is 11.6. The lowest BCUT2D eigenvalue weighted by atomic mass is 9.78. The first kappa shape index (κ1) is 23.2. The molecule has 35 heavy (non-hydrogen) atoms. The van der Waals surface area contributed by atoms with Crippen molar-refractivity contribution in [1.29, 1.82) is 0 Å². The average Bonchev–Trinajstić information content (AvgIpc) is 2.81. The third-order valence-electron chi connectivity index (χ3n) is 6.92. The first-order valence-corrected chi connectivity index (χ1v) is 12.0. The molecule has 3 unspecified atom stereocenters. The molecule has 2 bridgehead atoms. The van der Waals surface area contributed by atoms with Gasteiger partial charge in [0, 0.05) is 16.9 Å². The molecule has 2 N–H and O–H groups in total. The van der Waals surface area contributed by atoms with E-state index in [1.807, 2.05) is 87.2 Å². The largest absolute Gasteiger partial charge is 0.497 e. The fourth-order valence-electron chi connectivity index (χ4n) is 5.14. The molecule has 3 aromatic rings. The number of rotatable bonds is 4. The highest BCUT2D eigenvalue weighted by molar-refractivity contribution is 7.80. The summed E-state index contributed by atoms with van der Waals surface area (Å²) >= 11 is 5.83. The summed E-state index contributed by atoms with van der Waals surface area (Å²) in [4.78, 5) is 15.9. The molecule has 3 aromatic carbocycles. The van der Waals surface area contributed by atoms with Gasteiger partial charge in [0.2, 0.25) is 5.91 Å². The summed E-state index contributed by atoms with van der Waals surface area (Å²) in [6.07, 6.45) is 0. The Morgan fingerprint density at radius 1 is 1.06 bits per heavy atom. The maximum atomic E-state index is 14.0. The molecule has 2 aliphatic heterocycles. The van der Waals surface area contributed by atoms with Gasteiger partial charge in [0.05, 0.1) is 13.2 Å². The SMILES string of the molecule is COc1ccc2c(c1)C1NC(=S)N(c3ccc(C)cc3)C(C)(O2)C1C(=O)Nc1ccc(C)cc1C. The van der Waals surface area contributed by atoms with Crippen LogP contribution in [-0.4, -0.2) is 23.9 Å². The van der Waals surface area contributed by atoms with Crippen molar-refractivity contribution in [3.8, 4) is 11.5 Å². The van der Waals surface area contributed by atoms with E-state index in [4.69, 9.17) is 21.7 Å². The zero-order chi connectivity index (χ0) is 24.9. The van der Waals surface area contributed by atoms with Gasteiger partial charge in [-0.1, -0.05) is 35.4 Å². The van der Waals surface area contributed by atoms with Gasteiger partial charge in [-0.2, -0.15) is 0 Å². The van der Waals surface area contributed by atoms with E-state index in [-0.39, 0.29) is 11.9 Å². The van der Waals surface area contributed by atoms with E-state index in [1.165, 1.54) is 0 Å². The molecule has 2 aliphatic rings. The van der Waals surface area contributed by atoms with Gasteiger partial charge < -0.3 is 20.1 Å². The highest BCUT2D eigenvalue weighted by Crippen LogP contribution is 2.50. The number of hydrogen-bond donors (Lipinski definition) is 2. The van der Waals surface area contributed by atoms with Crippen LogP contribution in [0.5, 0.6) is 11.5 Å². The lowest BCUT2D eigenvalue weighted by molar-refractivity contribution is -0.130. The molecule has 0 spiro atoms. The van der Waals surface area contributed by atoms with Crippen molar-refractivity contribution < 1.29 is 14.3 Å². The van der Waals surface area contributed by atoms with Crippen molar-refractivity contribution in [1.82, 2.24) is 5.32 Å². The van der Waals surface area contributed by atoms with Gasteiger partial charge in [0.25, 0.3) is 0 Å². The third-order valence-corrected chi connectivity index (χ3v) is 7.22. The molecule has 0 radical (unpaired) electrons. The van der Waals surface area contributed by atoms with Crippen molar-refractivity contribution >= 4 is 34.6 Å². The van der Waals surface area contributed by atoms with Crippen molar-refractivity contribution in [2.75, 3.05) is 17.3 Å². The molecular weight excluding hydrogens is 458 g/mol. The Morgan fingerprint density at radius 3 is 2.46 bits per heavy atom. The Balaban J connectivity index is 1.63. The molecule has 0 aromatic heterocycles. The normalized spacial score (nSPS) is 22.5. The highest BCUT2D eigenvalue weighted by atomic mass is 32.1. The number of carbonyl (C=O) groups excluding carboxylic acids is 1. The van der Waals surface area contributed by atoms with Gasteiger partial charge >= 0.3 is 0 Å². The van der Waals surface area contributed by atoms with Gasteiger partial charge in [0.1, 0.15) is 17.4 Å². The second-order valence-corrected chi connectivity index (χ2v) is 9.83. The van der Waals surface area contributed by atoms with Crippen LogP contribution < -0.4 is 25.0 Å². The number of methoxy groups -OCH3 is 1. The lowest BCUT2D eigenvalue weighted by Crippen LogP contribution is -2.72. The third kappa shape index (κ3) is 3.90. The van der Waals surface area contributed by atoms with Gasteiger partial charge in [-0.3, -0.25) is 9.69 Å². The van der Waals surface area contributed by atoms with Crippen LogP contribution in [0.4, 0.5) is 11.4 Å².